The van der Waals surface area contributed by atoms with Crippen LogP contribution in [0, 0.1) is 0 Å². The summed E-state index contributed by atoms with van der Waals surface area (Å²) in [5.74, 6) is -0.700. The summed E-state index contributed by atoms with van der Waals surface area (Å²) in [6, 6.07) is -0.314. The Hall–Kier alpha value is -0.940. The molecule has 1 fully saturated rings. The van der Waals surface area contributed by atoms with Crippen LogP contribution in [-0.4, -0.2) is 33.5 Å². The number of rotatable bonds is 6. The second-order valence-corrected chi connectivity index (χ2v) is 5.75. The zero-order valence-electron chi connectivity index (χ0n) is 10.8. The number of aryl methyl sites for hydroxylation is 1. The fraction of sp³-hybridized carbons (Fsp3) is 0.692. The van der Waals surface area contributed by atoms with Crippen molar-refractivity contribution in [1.29, 1.82) is 0 Å². The number of carboxylic acids is 1. The standard InChI is InChI=1S/C13H20N2O2S/c1-2-3-6-12-14-10(9-18-12)8-15-7-4-5-11(15)13(16)17/h9,11H,2-8H2,1H3,(H,16,17)/t11-/m0/s1. The Kier molecular flexibility index (Phi) is 4.72. The van der Waals surface area contributed by atoms with Gasteiger partial charge >= 0.3 is 5.97 Å². The average Bonchev–Trinajstić information content (AvgIpc) is 2.96. The molecule has 0 unspecified atom stereocenters. The minimum absolute atomic E-state index is 0.314. The zero-order valence-corrected chi connectivity index (χ0v) is 11.6. The van der Waals surface area contributed by atoms with Crippen LogP contribution in [0.1, 0.15) is 43.3 Å². The minimum atomic E-state index is -0.700. The van der Waals surface area contributed by atoms with Crippen LogP contribution in [0.25, 0.3) is 0 Å². The normalized spacial score (nSPS) is 20.4. The van der Waals surface area contributed by atoms with Gasteiger partial charge in [0, 0.05) is 11.9 Å². The van der Waals surface area contributed by atoms with Crippen molar-refractivity contribution < 1.29 is 9.90 Å². The van der Waals surface area contributed by atoms with Crippen molar-refractivity contribution in [2.45, 2.75) is 51.6 Å². The lowest BCUT2D eigenvalue weighted by Crippen LogP contribution is -2.35. The monoisotopic (exact) mass is 268 g/mol. The molecule has 18 heavy (non-hydrogen) atoms. The Morgan fingerprint density at radius 2 is 2.50 bits per heavy atom. The van der Waals surface area contributed by atoms with E-state index < -0.39 is 5.97 Å². The van der Waals surface area contributed by atoms with E-state index in [2.05, 4.69) is 17.3 Å². The Morgan fingerprint density at radius 1 is 1.67 bits per heavy atom. The number of hydrogen-bond acceptors (Lipinski definition) is 4. The molecule has 0 amide bonds. The zero-order chi connectivity index (χ0) is 13.0. The first kappa shape index (κ1) is 13.5. The molecule has 1 atom stereocenters. The molecule has 5 heteroatoms. The molecular weight excluding hydrogens is 248 g/mol. The van der Waals surface area contributed by atoms with Crippen LogP contribution < -0.4 is 0 Å². The lowest BCUT2D eigenvalue weighted by Gasteiger charge is -2.19. The van der Waals surface area contributed by atoms with E-state index in [0.717, 1.165) is 31.5 Å². The predicted octanol–water partition coefficient (Wildman–Crippen LogP) is 2.53. The van der Waals surface area contributed by atoms with E-state index in [1.165, 1.54) is 17.8 Å². The lowest BCUT2D eigenvalue weighted by atomic mass is 10.2. The number of nitrogens with zero attached hydrogens (tertiary/aromatic N) is 2. The second kappa shape index (κ2) is 6.29. The fourth-order valence-corrected chi connectivity index (χ4v) is 3.20. The van der Waals surface area contributed by atoms with Crippen LogP contribution >= 0.6 is 11.3 Å². The molecule has 2 rings (SSSR count). The smallest absolute Gasteiger partial charge is 0.320 e. The Bertz CT molecular complexity index is 405. The summed E-state index contributed by atoms with van der Waals surface area (Å²) in [4.78, 5) is 17.7. The summed E-state index contributed by atoms with van der Waals surface area (Å²) < 4.78 is 0. The molecule has 1 aliphatic heterocycles. The molecule has 100 valence electrons. The fourth-order valence-electron chi connectivity index (χ4n) is 2.37. The summed E-state index contributed by atoms with van der Waals surface area (Å²) in [6.07, 6.45) is 5.14. The summed E-state index contributed by atoms with van der Waals surface area (Å²) in [6.45, 7) is 3.73. The third-order valence-corrected chi connectivity index (χ3v) is 4.31. The van der Waals surface area contributed by atoms with Gasteiger partial charge in [-0.1, -0.05) is 13.3 Å². The van der Waals surface area contributed by atoms with Gasteiger partial charge in [0.1, 0.15) is 6.04 Å². The van der Waals surface area contributed by atoms with E-state index in [4.69, 9.17) is 5.11 Å². The van der Waals surface area contributed by atoms with E-state index >= 15 is 0 Å². The highest BCUT2D eigenvalue weighted by Gasteiger charge is 2.30. The third kappa shape index (κ3) is 3.29. The van der Waals surface area contributed by atoms with Crippen molar-refractivity contribution in [2.75, 3.05) is 6.54 Å². The largest absolute Gasteiger partial charge is 0.480 e. The van der Waals surface area contributed by atoms with Crippen LogP contribution in [0.2, 0.25) is 0 Å². The Balaban J connectivity index is 1.92. The molecule has 1 aliphatic rings. The van der Waals surface area contributed by atoms with Gasteiger partial charge in [-0.3, -0.25) is 9.69 Å². The third-order valence-electron chi connectivity index (χ3n) is 3.36. The quantitative estimate of drug-likeness (QED) is 0.861. The van der Waals surface area contributed by atoms with Gasteiger partial charge in [0.05, 0.1) is 10.7 Å². The van der Waals surface area contributed by atoms with Gasteiger partial charge in [-0.15, -0.1) is 11.3 Å². The Morgan fingerprint density at radius 3 is 3.22 bits per heavy atom. The first-order valence-electron chi connectivity index (χ1n) is 6.61. The molecule has 0 radical (unpaired) electrons. The van der Waals surface area contributed by atoms with E-state index in [0.29, 0.717) is 6.54 Å². The molecule has 1 N–H and O–H groups in total. The SMILES string of the molecule is CCCCc1nc(CN2CCC[C@H]2C(=O)O)cs1. The molecule has 0 bridgehead atoms. The summed E-state index contributed by atoms with van der Waals surface area (Å²) in [7, 11) is 0. The molecule has 1 aromatic rings. The van der Waals surface area contributed by atoms with Gasteiger partial charge in [0.25, 0.3) is 0 Å². The van der Waals surface area contributed by atoms with E-state index in [1.807, 2.05) is 4.90 Å². The van der Waals surface area contributed by atoms with Gasteiger partial charge in [0.15, 0.2) is 0 Å². The molecule has 0 aromatic carbocycles. The highest BCUT2D eigenvalue weighted by Crippen LogP contribution is 2.21. The van der Waals surface area contributed by atoms with Crippen molar-refractivity contribution in [3.63, 3.8) is 0 Å². The van der Waals surface area contributed by atoms with Crippen molar-refractivity contribution in [2.24, 2.45) is 0 Å². The minimum Gasteiger partial charge on any atom is -0.480 e. The molecule has 0 spiro atoms. The maximum absolute atomic E-state index is 11.1. The number of carboxylic acid groups (broad SMARTS) is 1. The molecule has 4 nitrogen and oxygen atoms in total. The highest BCUT2D eigenvalue weighted by molar-refractivity contribution is 7.09. The number of thiazole rings is 1. The number of unbranched alkanes of at least 4 members (excludes halogenated alkanes) is 1. The van der Waals surface area contributed by atoms with Gasteiger partial charge in [0.2, 0.25) is 0 Å². The molecule has 0 aliphatic carbocycles. The van der Waals surface area contributed by atoms with Gasteiger partial charge < -0.3 is 5.11 Å². The van der Waals surface area contributed by atoms with Gasteiger partial charge in [-0.2, -0.15) is 0 Å². The number of carbonyl (C=O) groups is 1. The van der Waals surface area contributed by atoms with E-state index in [-0.39, 0.29) is 6.04 Å². The van der Waals surface area contributed by atoms with E-state index in [1.54, 1.807) is 11.3 Å². The van der Waals surface area contributed by atoms with E-state index in [9.17, 15) is 4.79 Å². The van der Waals surface area contributed by atoms with Gasteiger partial charge in [-0.05, 0) is 32.2 Å². The Labute approximate surface area is 112 Å². The van der Waals surface area contributed by atoms with Crippen molar-refractivity contribution >= 4 is 17.3 Å². The first-order chi connectivity index (χ1) is 8.70. The summed E-state index contributed by atoms with van der Waals surface area (Å²) >= 11 is 1.70. The van der Waals surface area contributed by atoms with Crippen LogP contribution in [0.15, 0.2) is 5.38 Å². The van der Waals surface area contributed by atoms with Crippen LogP contribution in [0.3, 0.4) is 0 Å². The lowest BCUT2D eigenvalue weighted by molar-refractivity contribution is -0.142. The number of aliphatic carboxylic acids is 1. The number of aromatic nitrogens is 1. The van der Waals surface area contributed by atoms with Crippen LogP contribution in [0.5, 0.6) is 0 Å². The number of likely N-dealkylation sites (tertiary alicyclic amines) is 1. The van der Waals surface area contributed by atoms with Crippen LogP contribution in [0.4, 0.5) is 0 Å². The van der Waals surface area contributed by atoms with Crippen LogP contribution in [-0.2, 0) is 17.8 Å². The highest BCUT2D eigenvalue weighted by atomic mass is 32.1. The van der Waals surface area contributed by atoms with Crippen molar-refractivity contribution in [3.8, 4) is 0 Å². The molecule has 0 saturated carbocycles. The molecular formula is C13H20N2O2S. The average molecular weight is 268 g/mol. The molecule has 2 heterocycles. The molecule has 1 saturated heterocycles. The predicted molar refractivity (Wildman–Crippen MR) is 71.8 cm³/mol. The topological polar surface area (TPSA) is 53.4 Å². The molecule has 1 aromatic heterocycles. The van der Waals surface area contributed by atoms with Crippen molar-refractivity contribution in [1.82, 2.24) is 9.88 Å². The maximum Gasteiger partial charge on any atom is 0.320 e. The summed E-state index contributed by atoms with van der Waals surface area (Å²) in [5, 5.41) is 12.4. The van der Waals surface area contributed by atoms with Crippen molar-refractivity contribution in [3.05, 3.63) is 16.1 Å². The first-order valence-corrected chi connectivity index (χ1v) is 7.48. The second-order valence-electron chi connectivity index (χ2n) is 4.80. The summed E-state index contributed by atoms with van der Waals surface area (Å²) in [5.41, 5.74) is 1.03. The maximum atomic E-state index is 11.1. The number of hydrogen-bond donors (Lipinski definition) is 1. The van der Waals surface area contributed by atoms with Gasteiger partial charge in [-0.25, -0.2) is 4.98 Å².